The van der Waals surface area contributed by atoms with Gasteiger partial charge in [-0.05, 0) is 46.0 Å². The Hall–Kier alpha value is -2.10. The van der Waals surface area contributed by atoms with Gasteiger partial charge in [0.15, 0.2) is 0 Å². The standard InChI is InChI=1S/C21H25NO3S2/c1-20(2,3)17-10-14(11-18(19(17)23)21(4,5)6)9-16(12-22)27(24,25)15-7-8-26-13-15/h7-11,13,23H,1-6H3. The molecule has 144 valence electrons. The third-order valence-electron chi connectivity index (χ3n) is 4.25. The largest absolute Gasteiger partial charge is 0.507 e. The summed E-state index contributed by atoms with van der Waals surface area (Å²) < 4.78 is 25.5. The van der Waals surface area contributed by atoms with E-state index in [1.807, 2.05) is 47.6 Å². The van der Waals surface area contributed by atoms with Gasteiger partial charge in [-0.2, -0.15) is 16.6 Å². The first kappa shape index (κ1) is 21.2. The quantitative estimate of drug-likeness (QED) is 0.697. The molecule has 4 nitrogen and oxygen atoms in total. The topological polar surface area (TPSA) is 78.2 Å². The Morgan fingerprint density at radius 1 is 1.11 bits per heavy atom. The van der Waals surface area contributed by atoms with E-state index in [4.69, 9.17) is 0 Å². The molecular formula is C21H25NO3S2. The minimum Gasteiger partial charge on any atom is -0.507 e. The van der Waals surface area contributed by atoms with E-state index in [0.29, 0.717) is 16.7 Å². The van der Waals surface area contributed by atoms with Crippen LogP contribution < -0.4 is 0 Å². The lowest BCUT2D eigenvalue weighted by Gasteiger charge is -2.28. The van der Waals surface area contributed by atoms with E-state index in [9.17, 15) is 18.8 Å². The van der Waals surface area contributed by atoms with Gasteiger partial charge in [0.05, 0.1) is 4.90 Å². The zero-order valence-corrected chi connectivity index (χ0v) is 18.1. The minimum absolute atomic E-state index is 0.117. The van der Waals surface area contributed by atoms with Gasteiger partial charge in [-0.3, -0.25) is 0 Å². The van der Waals surface area contributed by atoms with Crippen molar-refractivity contribution in [2.75, 3.05) is 0 Å². The maximum absolute atomic E-state index is 12.7. The molecule has 1 aromatic heterocycles. The molecule has 0 bridgehead atoms. The van der Waals surface area contributed by atoms with Crippen LogP contribution >= 0.6 is 11.3 Å². The Balaban J connectivity index is 2.75. The van der Waals surface area contributed by atoms with Crippen molar-refractivity contribution in [3.63, 3.8) is 0 Å². The molecule has 0 saturated heterocycles. The number of hydrogen-bond acceptors (Lipinski definition) is 5. The molecule has 0 aliphatic rings. The van der Waals surface area contributed by atoms with Gasteiger partial charge in [0.1, 0.15) is 16.7 Å². The van der Waals surface area contributed by atoms with Crippen molar-refractivity contribution in [3.05, 3.63) is 50.6 Å². The average Bonchev–Trinajstić information content (AvgIpc) is 3.06. The number of allylic oxidation sites excluding steroid dienone is 1. The molecule has 0 spiro atoms. The molecule has 2 aromatic rings. The number of phenolic OH excluding ortho intramolecular Hbond substituents is 1. The van der Waals surface area contributed by atoms with Gasteiger partial charge in [-0.1, -0.05) is 41.5 Å². The number of nitriles is 1. The second kappa shape index (κ2) is 7.14. The van der Waals surface area contributed by atoms with Crippen molar-refractivity contribution in [2.45, 2.75) is 57.3 Å². The number of aromatic hydroxyl groups is 1. The van der Waals surface area contributed by atoms with Gasteiger partial charge in [-0.15, -0.1) is 0 Å². The third-order valence-corrected chi connectivity index (χ3v) is 6.75. The van der Waals surface area contributed by atoms with Gasteiger partial charge >= 0.3 is 0 Å². The van der Waals surface area contributed by atoms with Crippen LogP contribution in [0.3, 0.4) is 0 Å². The normalized spacial score (nSPS) is 13.4. The van der Waals surface area contributed by atoms with Crippen molar-refractivity contribution < 1.29 is 13.5 Å². The summed E-state index contributed by atoms with van der Waals surface area (Å²) in [5.74, 6) is 0.214. The number of hydrogen-bond donors (Lipinski definition) is 1. The summed E-state index contributed by atoms with van der Waals surface area (Å²) in [6.07, 6.45) is 1.39. The first-order valence-corrected chi connectivity index (χ1v) is 11.0. The Kier molecular flexibility index (Phi) is 5.61. The second-order valence-electron chi connectivity index (χ2n) is 8.55. The van der Waals surface area contributed by atoms with Crippen LogP contribution in [0.25, 0.3) is 6.08 Å². The lowest BCUT2D eigenvalue weighted by molar-refractivity contribution is 0.423. The van der Waals surface area contributed by atoms with Gasteiger partial charge in [-0.25, -0.2) is 8.42 Å². The van der Waals surface area contributed by atoms with Gasteiger partial charge in [0.2, 0.25) is 9.84 Å². The summed E-state index contributed by atoms with van der Waals surface area (Å²) in [4.78, 5) is -0.197. The molecule has 0 aliphatic heterocycles. The first-order chi connectivity index (χ1) is 12.3. The molecule has 27 heavy (non-hydrogen) atoms. The highest BCUT2D eigenvalue weighted by molar-refractivity contribution is 7.95. The van der Waals surface area contributed by atoms with E-state index in [1.54, 1.807) is 17.5 Å². The highest BCUT2D eigenvalue weighted by atomic mass is 32.2. The van der Waals surface area contributed by atoms with Crippen LogP contribution in [0.2, 0.25) is 0 Å². The lowest BCUT2D eigenvalue weighted by atomic mass is 9.78. The molecule has 0 atom stereocenters. The number of phenols is 1. The Morgan fingerprint density at radius 2 is 1.63 bits per heavy atom. The van der Waals surface area contributed by atoms with Crippen molar-refractivity contribution in [3.8, 4) is 11.8 Å². The maximum atomic E-state index is 12.7. The number of nitrogens with zero attached hydrogens (tertiary/aromatic N) is 1. The smallest absolute Gasteiger partial charge is 0.217 e. The van der Waals surface area contributed by atoms with Crippen LogP contribution in [0.4, 0.5) is 0 Å². The molecule has 1 N–H and O–H groups in total. The molecule has 2 rings (SSSR count). The lowest BCUT2D eigenvalue weighted by Crippen LogP contribution is -2.17. The third kappa shape index (κ3) is 4.42. The minimum atomic E-state index is -3.86. The van der Waals surface area contributed by atoms with E-state index < -0.39 is 9.84 Å². The van der Waals surface area contributed by atoms with Crippen LogP contribution in [-0.2, 0) is 20.7 Å². The van der Waals surface area contributed by atoms with Crippen LogP contribution in [0, 0.1) is 11.3 Å². The second-order valence-corrected chi connectivity index (χ2v) is 11.2. The first-order valence-electron chi connectivity index (χ1n) is 8.55. The van der Waals surface area contributed by atoms with Crippen molar-refractivity contribution in [2.24, 2.45) is 0 Å². The van der Waals surface area contributed by atoms with Crippen molar-refractivity contribution in [1.29, 1.82) is 5.26 Å². The summed E-state index contributed by atoms with van der Waals surface area (Å²) in [5.41, 5.74) is 1.33. The van der Waals surface area contributed by atoms with E-state index in [1.165, 1.54) is 28.9 Å². The molecular weight excluding hydrogens is 378 g/mol. The van der Waals surface area contributed by atoms with Gasteiger partial charge < -0.3 is 5.11 Å². The summed E-state index contributed by atoms with van der Waals surface area (Å²) in [6, 6.07) is 6.82. The molecule has 6 heteroatoms. The molecule has 0 aliphatic carbocycles. The van der Waals surface area contributed by atoms with Crippen LogP contribution in [0.5, 0.6) is 5.75 Å². The van der Waals surface area contributed by atoms with Crippen LogP contribution in [0.1, 0.15) is 58.2 Å². The zero-order chi connectivity index (χ0) is 20.6. The zero-order valence-electron chi connectivity index (χ0n) is 16.5. The fourth-order valence-corrected chi connectivity index (χ4v) is 4.93. The van der Waals surface area contributed by atoms with E-state index >= 15 is 0 Å². The van der Waals surface area contributed by atoms with Gasteiger partial charge in [0, 0.05) is 16.5 Å². The number of thiophene rings is 1. The average molecular weight is 404 g/mol. The van der Waals surface area contributed by atoms with E-state index in [2.05, 4.69) is 0 Å². The van der Waals surface area contributed by atoms with Crippen molar-refractivity contribution in [1.82, 2.24) is 0 Å². The summed E-state index contributed by atoms with van der Waals surface area (Å²) in [5, 5.41) is 23.5. The Morgan fingerprint density at radius 3 is 2.00 bits per heavy atom. The van der Waals surface area contributed by atoms with E-state index in [0.717, 1.165) is 0 Å². The fraction of sp³-hybridized carbons (Fsp3) is 0.381. The number of benzene rings is 1. The molecule has 0 fully saturated rings. The Bertz CT molecular complexity index is 976. The summed E-state index contributed by atoms with van der Waals surface area (Å²) in [6.45, 7) is 11.9. The maximum Gasteiger partial charge on any atom is 0.217 e. The van der Waals surface area contributed by atoms with Gasteiger partial charge in [0.25, 0.3) is 0 Å². The molecule has 0 unspecified atom stereocenters. The van der Waals surface area contributed by atoms with Crippen molar-refractivity contribution >= 4 is 27.3 Å². The number of rotatable bonds is 3. The predicted octanol–water partition coefficient (Wildman–Crippen LogP) is 5.39. The van der Waals surface area contributed by atoms with Crippen LogP contribution in [-0.4, -0.2) is 13.5 Å². The van der Waals surface area contributed by atoms with Crippen LogP contribution in [0.15, 0.2) is 38.8 Å². The number of sulfone groups is 1. The predicted molar refractivity (Wildman–Crippen MR) is 111 cm³/mol. The SMILES string of the molecule is CC(C)(C)c1cc(C=C(C#N)S(=O)(=O)c2ccsc2)cc(C(C)(C)C)c1O. The fourth-order valence-electron chi connectivity index (χ4n) is 2.74. The van der Waals surface area contributed by atoms with E-state index in [-0.39, 0.29) is 26.4 Å². The molecule has 1 heterocycles. The highest BCUT2D eigenvalue weighted by Crippen LogP contribution is 2.40. The summed E-state index contributed by atoms with van der Waals surface area (Å²) in [7, 11) is -3.86. The molecule has 0 amide bonds. The summed E-state index contributed by atoms with van der Waals surface area (Å²) >= 11 is 1.27. The molecule has 0 radical (unpaired) electrons. The monoisotopic (exact) mass is 403 g/mol. The Labute approximate surface area is 165 Å². The molecule has 1 aromatic carbocycles. The molecule has 0 saturated carbocycles. The highest BCUT2D eigenvalue weighted by Gasteiger charge is 2.27.